The van der Waals surface area contributed by atoms with Crippen LogP contribution >= 0.6 is 0 Å². The smallest absolute Gasteiger partial charge is 0.243 e. The van der Waals surface area contributed by atoms with Crippen molar-refractivity contribution in [2.75, 3.05) is 31.1 Å². The van der Waals surface area contributed by atoms with E-state index in [1.54, 1.807) is 16.4 Å². The molecule has 1 atom stereocenters. The van der Waals surface area contributed by atoms with Crippen LogP contribution in [0.15, 0.2) is 53.4 Å². The largest absolute Gasteiger partial charge is 0.309 e. The van der Waals surface area contributed by atoms with Crippen LogP contribution in [0.2, 0.25) is 0 Å². The molecule has 170 valence electrons. The molecule has 0 N–H and O–H groups in total. The van der Waals surface area contributed by atoms with Crippen molar-refractivity contribution in [2.45, 2.75) is 50.1 Å². The highest BCUT2D eigenvalue weighted by Crippen LogP contribution is 2.38. The van der Waals surface area contributed by atoms with Gasteiger partial charge in [0.05, 0.1) is 4.90 Å². The molecule has 32 heavy (non-hydrogen) atoms. The van der Waals surface area contributed by atoms with Gasteiger partial charge in [-0.15, -0.1) is 0 Å². The van der Waals surface area contributed by atoms with Crippen molar-refractivity contribution in [1.82, 2.24) is 9.21 Å². The second-order valence-electron chi connectivity index (χ2n) is 9.35. The van der Waals surface area contributed by atoms with Crippen LogP contribution in [-0.4, -0.2) is 55.8 Å². The van der Waals surface area contributed by atoms with Gasteiger partial charge < -0.3 is 4.90 Å². The number of sulfonamides is 1. The van der Waals surface area contributed by atoms with Gasteiger partial charge in [-0.3, -0.25) is 9.69 Å². The van der Waals surface area contributed by atoms with Gasteiger partial charge >= 0.3 is 0 Å². The van der Waals surface area contributed by atoms with E-state index in [-0.39, 0.29) is 17.9 Å². The standard InChI is InChI=1S/C25H31N3O3S/c1-19-16-22-17-23(10-11-24(22)28(19)25(29)21-8-5-9-21)32(30,31)27-14-12-26(13-15-27)18-20-6-3-2-4-7-20/h2-4,6-7,10-11,17,19,21H,5,8-9,12-16,18H2,1H3. The highest BCUT2D eigenvalue weighted by Gasteiger charge is 2.38. The molecule has 1 aliphatic carbocycles. The summed E-state index contributed by atoms with van der Waals surface area (Å²) in [5.41, 5.74) is 3.10. The van der Waals surface area contributed by atoms with Gasteiger partial charge in [-0.1, -0.05) is 36.8 Å². The summed E-state index contributed by atoms with van der Waals surface area (Å²) in [6, 6.07) is 15.7. The zero-order valence-corrected chi connectivity index (χ0v) is 19.4. The average Bonchev–Trinajstić information content (AvgIpc) is 3.08. The lowest BCUT2D eigenvalue weighted by atomic mass is 9.84. The second-order valence-corrected chi connectivity index (χ2v) is 11.3. The predicted octanol–water partition coefficient (Wildman–Crippen LogP) is 3.27. The highest BCUT2D eigenvalue weighted by atomic mass is 32.2. The zero-order valence-electron chi connectivity index (χ0n) is 18.6. The van der Waals surface area contributed by atoms with E-state index >= 15 is 0 Å². The first-order valence-corrected chi connectivity index (χ1v) is 13.1. The fraction of sp³-hybridized carbons (Fsp3) is 0.480. The number of nitrogens with zero attached hydrogens (tertiary/aromatic N) is 3. The summed E-state index contributed by atoms with van der Waals surface area (Å²) < 4.78 is 28.3. The topological polar surface area (TPSA) is 60.9 Å². The number of carbonyl (C=O) groups is 1. The Morgan fingerprint density at radius 1 is 1.00 bits per heavy atom. The molecule has 3 aliphatic rings. The van der Waals surface area contributed by atoms with Crippen LogP contribution in [0.5, 0.6) is 0 Å². The van der Waals surface area contributed by atoms with E-state index in [1.807, 2.05) is 29.2 Å². The van der Waals surface area contributed by atoms with Gasteiger partial charge in [0, 0.05) is 50.4 Å². The lowest BCUT2D eigenvalue weighted by molar-refractivity contribution is -0.125. The molecular formula is C25H31N3O3S. The van der Waals surface area contributed by atoms with Gasteiger partial charge in [0.1, 0.15) is 0 Å². The molecule has 0 aromatic heterocycles. The Morgan fingerprint density at radius 2 is 1.72 bits per heavy atom. The predicted molar refractivity (Wildman–Crippen MR) is 125 cm³/mol. The zero-order chi connectivity index (χ0) is 22.3. The Morgan fingerprint density at radius 3 is 2.38 bits per heavy atom. The van der Waals surface area contributed by atoms with E-state index < -0.39 is 10.0 Å². The van der Waals surface area contributed by atoms with E-state index in [0.29, 0.717) is 24.4 Å². The van der Waals surface area contributed by atoms with E-state index in [9.17, 15) is 13.2 Å². The summed E-state index contributed by atoms with van der Waals surface area (Å²) in [5, 5.41) is 0. The molecule has 0 bridgehead atoms. The van der Waals surface area contributed by atoms with E-state index in [2.05, 4.69) is 24.0 Å². The Labute approximate surface area is 190 Å². The average molecular weight is 454 g/mol. The molecular weight excluding hydrogens is 422 g/mol. The maximum Gasteiger partial charge on any atom is 0.243 e. The molecule has 0 radical (unpaired) electrons. The third-order valence-corrected chi connectivity index (χ3v) is 9.07. The summed E-state index contributed by atoms with van der Waals surface area (Å²) in [4.78, 5) is 17.4. The number of amides is 1. The summed E-state index contributed by atoms with van der Waals surface area (Å²) in [6.45, 7) is 5.33. The minimum absolute atomic E-state index is 0.0811. The van der Waals surface area contributed by atoms with Crippen LogP contribution in [0, 0.1) is 5.92 Å². The van der Waals surface area contributed by atoms with Crippen LogP contribution in [0.25, 0.3) is 0 Å². The third-order valence-electron chi connectivity index (χ3n) is 7.18. The molecule has 1 unspecified atom stereocenters. The number of hydrogen-bond donors (Lipinski definition) is 0. The molecule has 6 nitrogen and oxygen atoms in total. The normalized spacial score (nSPS) is 22.5. The van der Waals surface area contributed by atoms with Gasteiger partial charge in [-0.05, 0) is 55.5 Å². The molecule has 2 fully saturated rings. The Hall–Kier alpha value is -2.22. The lowest BCUT2D eigenvalue weighted by Gasteiger charge is -2.34. The number of hydrogen-bond acceptors (Lipinski definition) is 4. The van der Waals surface area contributed by atoms with E-state index in [0.717, 1.165) is 50.1 Å². The monoisotopic (exact) mass is 453 g/mol. The molecule has 2 heterocycles. The summed E-state index contributed by atoms with van der Waals surface area (Å²) in [5.74, 6) is 0.339. The molecule has 2 aromatic rings. The van der Waals surface area contributed by atoms with Crippen molar-refractivity contribution in [2.24, 2.45) is 5.92 Å². The lowest BCUT2D eigenvalue weighted by Crippen LogP contribution is -2.48. The summed E-state index contributed by atoms with van der Waals surface area (Å²) in [7, 11) is -3.54. The first-order valence-electron chi connectivity index (χ1n) is 11.7. The number of rotatable bonds is 5. The maximum absolute atomic E-state index is 13.3. The fourth-order valence-electron chi connectivity index (χ4n) is 5.07. The summed E-state index contributed by atoms with van der Waals surface area (Å²) >= 11 is 0. The van der Waals surface area contributed by atoms with Gasteiger partial charge in [0.2, 0.25) is 15.9 Å². The van der Waals surface area contributed by atoms with E-state index in [1.165, 1.54) is 5.56 Å². The number of carbonyl (C=O) groups excluding carboxylic acids is 1. The molecule has 1 saturated heterocycles. The summed E-state index contributed by atoms with van der Waals surface area (Å²) in [6.07, 6.45) is 3.78. The first-order chi connectivity index (χ1) is 15.4. The molecule has 2 aromatic carbocycles. The van der Waals surface area contributed by atoms with Gasteiger partial charge in [-0.2, -0.15) is 4.31 Å². The molecule has 7 heteroatoms. The molecule has 0 spiro atoms. The van der Waals surface area contributed by atoms with Crippen LogP contribution < -0.4 is 4.90 Å². The van der Waals surface area contributed by atoms with Gasteiger partial charge in [-0.25, -0.2) is 8.42 Å². The van der Waals surface area contributed by atoms with Crippen molar-refractivity contribution in [3.05, 3.63) is 59.7 Å². The van der Waals surface area contributed by atoms with Crippen LogP contribution in [-0.2, 0) is 27.8 Å². The Balaban J connectivity index is 1.28. The van der Waals surface area contributed by atoms with Crippen molar-refractivity contribution < 1.29 is 13.2 Å². The first kappa shape index (κ1) is 21.6. The fourth-order valence-corrected chi connectivity index (χ4v) is 6.55. The van der Waals surface area contributed by atoms with Crippen molar-refractivity contribution >= 4 is 21.6 Å². The molecule has 5 rings (SSSR count). The van der Waals surface area contributed by atoms with Gasteiger partial charge in [0.15, 0.2) is 0 Å². The molecule has 2 aliphatic heterocycles. The minimum Gasteiger partial charge on any atom is -0.309 e. The number of fused-ring (bicyclic) bond motifs is 1. The van der Waals surface area contributed by atoms with Crippen molar-refractivity contribution in [3.8, 4) is 0 Å². The molecule has 1 saturated carbocycles. The Kier molecular flexibility index (Phi) is 5.82. The van der Waals surface area contributed by atoms with Crippen LogP contribution in [0.4, 0.5) is 5.69 Å². The second kappa shape index (κ2) is 8.61. The third kappa shape index (κ3) is 3.98. The van der Waals surface area contributed by atoms with Gasteiger partial charge in [0.25, 0.3) is 0 Å². The molecule has 1 amide bonds. The number of piperazine rings is 1. The minimum atomic E-state index is -3.54. The SMILES string of the molecule is CC1Cc2cc(S(=O)(=O)N3CCN(Cc4ccccc4)CC3)ccc2N1C(=O)C1CCC1. The number of benzene rings is 2. The van der Waals surface area contributed by atoms with Crippen molar-refractivity contribution in [1.29, 1.82) is 0 Å². The Bertz CT molecular complexity index is 1090. The van der Waals surface area contributed by atoms with Crippen LogP contribution in [0.1, 0.15) is 37.3 Å². The number of anilines is 1. The van der Waals surface area contributed by atoms with Crippen LogP contribution in [0.3, 0.4) is 0 Å². The highest BCUT2D eigenvalue weighted by molar-refractivity contribution is 7.89. The maximum atomic E-state index is 13.3. The van der Waals surface area contributed by atoms with Crippen molar-refractivity contribution in [3.63, 3.8) is 0 Å². The van der Waals surface area contributed by atoms with E-state index in [4.69, 9.17) is 0 Å². The quantitative estimate of drug-likeness (QED) is 0.697.